The number of carbonyl (C=O) groups excluding carboxylic acids is 1. The van der Waals surface area contributed by atoms with E-state index in [1.165, 1.54) is 18.4 Å². The Bertz CT molecular complexity index is 879. The first-order chi connectivity index (χ1) is 16.6. The van der Waals surface area contributed by atoms with E-state index in [9.17, 15) is 13.6 Å². The zero-order valence-electron chi connectivity index (χ0n) is 19.7. The van der Waals surface area contributed by atoms with E-state index >= 15 is 0 Å². The SMILES string of the molecule is O=C(NCCC1CCN(Cc2ccccc2)CC1)C1CCN(c2ccc(OC(F)F)cc2)CC1. The lowest BCUT2D eigenvalue weighted by Gasteiger charge is -2.33. The molecule has 2 saturated heterocycles. The molecule has 0 atom stereocenters. The Hall–Kier alpha value is -2.67. The number of benzene rings is 2. The number of nitrogens with zero attached hydrogens (tertiary/aromatic N) is 2. The third-order valence-corrected chi connectivity index (χ3v) is 7.10. The highest BCUT2D eigenvalue weighted by molar-refractivity contribution is 5.79. The van der Waals surface area contributed by atoms with Crippen LogP contribution in [-0.2, 0) is 11.3 Å². The van der Waals surface area contributed by atoms with E-state index in [0.717, 1.165) is 64.2 Å². The fraction of sp³-hybridized carbons (Fsp3) is 0.519. The minimum atomic E-state index is -2.81. The van der Waals surface area contributed by atoms with E-state index in [4.69, 9.17) is 0 Å². The molecule has 2 fully saturated rings. The quantitative estimate of drug-likeness (QED) is 0.564. The molecule has 5 nitrogen and oxygen atoms in total. The Balaban J connectivity index is 1.11. The molecule has 184 valence electrons. The average molecular weight is 472 g/mol. The highest BCUT2D eigenvalue weighted by Crippen LogP contribution is 2.26. The Kier molecular flexibility index (Phi) is 8.74. The lowest BCUT2D eigenvalue weighted by Crippen LogP contribution is -2.41. The van der Waals surface area contributed by atoms with Crippen molar-refractivity contribution in [2.75, 3.05) is 37.6 Å². The van der Waals surface area contributed by atoms with Crippen LogP contribution in [0.5, 0.6) is 5.75 Å². The molecule has 4 rings (SSSR count). The molecule has 34 heavy (non-hydrogen) atoms. The number of hydrogen-bond donors (Lipinski definition) is 1. The molecule has 0 spiro atoms. The number of piperidine rings is 2. The number of likely N-dealkylation sites (tertiary alicyclic amines) is 1. The third-order valence-electron chi connectivity index (χ3n) is 7.10. The van der Waals surface area contributed by atoms with Crippen molar-refractivity contribution in [3.8, 4) is 5.75 Å². The second-order valence-electron chi connectivity index (χ2n) is 9.42. The van der Waals surface area contributed by atoms with Crippen LogP contribution in [0, 0.1) is 11.8 Å². The summed E-state index contributed by atoms with van der Waals surface area (Å²) >= 11 is 0. The van der Waals surface area contributed by atoms with Crippen molar-refractivity contribution < 1.29 is 18.3 Å². The Morgan fingerprint density at radius 2 is 1.62 bits per heavy atom. The van der Waals surface area contributed by atoms with E-state index in [1.54, 1.807) is 24.3 Å². The van der Waals surface area contributed by atoms with Gasteiger partial charge in [-0.15, -0.1) is 0 Å². The van der Waals surface area contributed by atoms with Crippen LogP contribution in [0.15, 0.2) is 54.6 Å². The predicted octanol–water partition coefficient (Wildman–Crippen LogP) is 4.92. The topological polar surface area (TPSA) is 44.8 Å². The van der Waals surface area contributed by atoms with E-state index in [1.807, 2.05) is 0 Å². The number of nitrogens with one attached hydrogen (secondary N) is 1. The molecule has 0 bridgehead atoms. The van der Waals surface area contributed by atoms with Gasteiger partial charge in [-0.25, -0.2) is 0 Å². The van der Waals surface area contributed by atoms with Crippen LogP contribution in [0.1, 0.15) is 37.7 Å². The number of amides is 1. The Morgan fingerprint density at radius 3 is 2.26 bits per heavy atom. The first-order valence-corrected chi connectivity index (χ1v) is 12.4. The lowest BCUT2D eigenvalue weighted by atomic mass is 9.92. The van der Waals surface area contributed by atoms with Crippen LogP contribution in [0.3, 0.4) is 0 Å². The summed E-state index contributed by atoms with van der Waals surface area (Å²) in [5, 5.41) is 3.17. The van der Waals surface area contributed by atoms with Crippen molar-refractivity contribution in [3.63, 3.8) is 0 Å². The monoisotopic (exact) mass is 471 g/mol. The minimum Gasteiger partial charge on any atom is -0.435 e. The minimum absolute atomic E-state index is 0.0467. The van der Waals surface area contributed by atoms with E-state index < -0.39 is 6.61 Å². The van der Waals surface area contributed by atoms with Crippen molar-refractivity contribution in [2.45, 2.75) is 45.3 Å². The maximum atomic E-state index is 12.7. The van der Waals surface area contributed by atoms with Crippen molar-refractivity contribution >= 4 is 11.6 Å². The molecule has 2 aliphatic rings. The summed E-state index contributed by atoms with van der Waals surface area (Å²) in [4.78, 5) is 17.4. The van der Waals surface area contributed by atoms with Crippen molar-refractivity contribution in [2.24, 2.45) is 11.8 Å². The van der Waals surface area contributed by atoms with Crippen LogP contribution in [-0.4, -0.2) is 50.1 Å². The van der Waals surface area contributed by atoms with Crippen LogP contribution in [0.4, 0.5) is 14.5 Å². The normalized spacial score (nSPS) is 18.3. The Morgan fingerprint density at radius 1 is 0.941 bits per heavy atom. The maximum Gasteiger partial charge on any atom is 0.387 e. The summed E-state index contributed by atoms with van der Waals surface area (Å²) < 4.78 is 29.0. The number of carbonyl (C=O) groups is 1. The van der Waals surface area contributed by atoms with Gasteiger partial charge in [0.1, 0.15) is 5.75 Å². The van der Waals surface area contributed by atoms with Gasteiger partial charge in [0.05, 0.1) is 0 Å². The third kappa shape index (κ3) is 7.16. The smallest absolute Gasteiger partial charge is 0.387 e. The van der Waals surface area contributed by atoms with Gasteiger partial charge in [-0.05, 0) is 80.9 Å². The predicted molar refractivity (Wildman–Crippen MR) is 130 cm³/mol. The Labute approximate surface area is 201 Å². The molecule has 0 radical (unpaired) electrons. The first-order valence-electron chi connectivity index (χ1n) is 12.4. The fourth-order valence-electron chi connectivity index (χ4n) is 5.06. The highest BCUT2D eigenvalue weighted by atomic mass is 19.3. The largest absolute Gasteiger partial charge is 0.435 e. The van der Waals surface area contributed by atoms with Crippen molar-refractivity contribution in [1.29, 1.82) is 0 Å². The second kappa shape index (κ2) is 12.2. The van der Waals surface area contributed by atoms with Gasteiger partial charge >= 0.3 is 6.61 Å². The molecule has 0 unspecified atom stereocenters. The van der Waals surface area contributed by atoms with E-state index in [2.05, 4.69) is 50.2 Å². The molecular weight excluding hydrogens is 436 g/mol. The molecule has 0 aliphatic carbocycles. The van der Waals surface area contributed by atoms with Crippen molar-refractivity contribution in [3.05, 3.63) is 60.2 Å². The molecule has 2 aromatic carbocycles. The van der Waals surface area contributed by atoms with Crippen LogP contribution in [0.2, 0.25) is 0 Å². The second-order valence-corrected chi connectivity index (χ2v) is 9.42. The molecule has 2 aromatic rings. The highest BCUT2D eigenvalue weighted by Gasteiger charge is 2.25. The number of hydrogen-bond acceptors (Lipinski definition) is 4. The van der Waals surface area contributed by atoms with Crippen LogP contribution >= 0.6 is 0 Å². The molecular formula is C27H35F2N3O2. The maximum absolute atomic E-state index is 12.7. The number of halogens is 2. The summed E-state index contributed by atoms with van der Waals surface area (Å²) in [6.07, 6.45) is 5.05. The molecule has 7 heteroatoms. The number of ether oxygens (including phenoxy) is 1. The zero-order chi connectivity index (χ0) is 23.8. The lowest BCUT2D eigenvalue weighted by molar-refractivity contribution is -0.125. The molecule has 1 amide bonds. The average Bonchev–Trinajstić information content (AvgIpc) is 2.86. The molecule has 2 aliphatic heterocycles. The van der Waals surface area contributed by atoms with Gasteiger partial charge in [0.2, 0.25) is 5.91 Å². The number of anilines is 1. The van der Waals surface area contributed by atoms with Gasteiger partial charge in [-0.3, -0.25) is 9.69 Å². The molecule has 1 N–H and O–H groups in total. The van der Waals surface area contributed by atoms with E-state index in [-0.39, 0.29) is 17.6 Å². The van der Waals surface area contributed by atoms with Gasteiger partial charge in [-0.1, -0.05) is 30.3 Å². The first kappa shape index (κ1) is 24.5. The summed E-state index contributed by atoms with van der Waals surface area (Å²) in [6.45, 7) is 2.79. The van der Waals surface area contributed by atoms with Crippen molar-refractivity contribution in [1.82, 2.24) is 10.2 Å². The van der Waals surface area contributed by atoms with Crippen LogP contribution < -0.4 is 15.0 Å². The van der Waals surface area contributed by atoms with Gasteiger partial charge in [0.15, 0.2) is 0 Å². The fourth-order valence-corrected chi connectivity index (χ4v) is 5.06. The molecule has 0 aromatic heterocycles. The van der Waals surface area contributed by atoms with Gasteiger partial charge < -0.3 is 15.0 Å². The summed E-state index contributed by atoms with van der Waals surface area (Å²) in [5.41, 5.74) is 2.34. The van der Waals surface area contributed by atoms with E-state index in [0.29, 0.717) is 5.92 Å². The van der Waals surface area contributed by atoms with Gasteiger partial charge in [-0.2, -0.15) is 8.78 Å². The number of rotatable bonds is 9. The summed E-state index contributed by atoms with van der Waals surface area (Å²) in [7, 11) is 0. The molecule has 0 saturated carbocycles. The standard InChI is InChI=1S/C27H35F2N3O2/c28-27(29)34-25-8-6-24(7-9-25)32-18-13-23(14-19-32)26(33)30-15-10-21-11-16-31(17-12-21)20-22-4-2-1-3-5-22/h1-9,21,23,27H,10-20H2,(H,30,33). The summed E-state index contributed by atoms with van der Waals surface area (Å²) in [5.74, 6) is 1.06. The zero-order valence-corrected chi connectivity index (χ0v) is 19.7. The van der Waals surface area contributed by atoms with Gasteiger partial charge in [0, 0.05) is 37.8 Å². The van der Waals surface area contributed by atoms with Crippen LogP contribution in [0.25, 0.3) is 0 Å². The van der Waals surface area contributed by atoms with Gasteiger partial charge in [0.25, 0.3) is 0 Å². The summed E-state index contributed by atoms with van der Waals surface area (Å²) in [6, 6.07) is 17.3. The molecule has 2 heterocycles. The number of alkyl halides is 2.